The van der Waals surface area contributed by atoms with Gasteiger partial charge in [0.05, 0.1) is 0 Å². The van der Waals surface area contributed by atoms with E-state index < -0.39 is 0 Å². The number of nitrogens with one attached hydrogen (secondary N) is 1. The fourth-order valence-corrected chi connectivity index (χ4v) is 0.291. The van der Waals surface area contributed by atoms with E-state index in [1.54, 1.807) is 0 Å². The Balaban J connectivity index is 0.000000490. The Labute approximate surface area is 61.0 Å². The van der Waals surface area contributed by atoms with Crippen LogP contribution in [0.4, 0.5) is 5.82 Å². The van der Waals surface area contributed by atoms with Gasteiger partial charge >= 0.3 is 0 Å². The fourth-order valence-electron chi connectivity index (χ4n) is 0.291. The molecule has 3 nitrogen and oxygen atoms in total. The minimum absolute atomic E-state index is 0. The molecule has 1 heterocycles. The van der Waals surface area contributed by atoms with Crippen molar-refractivity contribution in [3.8, 4) is 0 Å². The smallest absolute Gasteiger partial charge is 0.0262 e. The molecule has 4 heteroatoms. The van der Waals surface area contributed by atoms with Gasteiger partial charge in [0, 0.05) is 32.9 Å². The third kappa shape index (κ3) is 2.01. The second kappa shape index (κ2) is 3.53. The summed E-state index contributed by atoms with van der Waals surface area (Å²) in [4.78, 5) is 7.15. The summed E-state index contributed by atoms with van der Waals surface area (Å²) in [5, 5.41) is 0. The SMILES string of the molecule is [NH-]c1ccncn1.[Re]. The van der Waals surface area contributed by atoms with Crippen LogP contribution in [0.1, 0.15) is 0 Å². The van der Waals surface area contributed by atoms with Crippen molar-refractivity contribution in [2.75, 3.05) is 0 Å². The standard InChI is InChI=1S/C4H4N3.Re/c5-4-1-2-6-3-7-4;/h1-3H,(H-,5,6,7);/q-1;. The molecule has 0 aliphatic heterocycles. The first-order valence-electron chi connectivity index (χ1n) is 1.87. The molecule has 1 aromatic rings. The summed E-state index contributed by atoms with van der Waals surface area (Å²) >= 11 is 0. The van der Waals surface area contributed by atoms with E-state index in [-0.39, 0.29) is 26.2 Å². The van der Waals surface area contributed by atoms with E-state index in [4.69, 9.17) is 5.73 Å². The van der Waals surface area contributed by atoms with Crippen molar-refractivity contribution in [2.24, 2.45) is 0 Å². The van der Waals surface area contributed by atoms with Gasteiger partial charge in [-0.05, 0) is 6.07 Å². The number of hydrogen-bond donors (Lipinski definition) is 0. The average Bonchev–Trinajstić information content (AvgIpc) is 1.69. The Morgan fingerprint density at radius 3 is 2.50 bits per heavy atom. The molecule has 0 spiro atoms. The van der Waals surface area contributed by atoms with Gasteiger partial charge in [0.1, 0.15) is 0 Å². The molecule has 8 heavy (non-hydrogen) atoms. The molecule has 0 aliphatic rings. The molecule has 0 atom stereocenters. The van der Waals surface area contributed by atoms with Crippen molar-refractivity contribution in [3.63, 3.8) is 0 Å². The topological polar surface area (TPSA) is 49.6 Å². The van der Waals surface area contributed by atoms with E-state index >= 15 is 0 Å². The number of aromatic nitrogens is 2. The summed E-state index contributed by atoms with van der Waals surface area (Å²) in [6, 6.07) is 1.53. The molecule has 0 aliphatic carbocycles. The molecular weight excluding hydrogens is 276 g/mol. The van der Waals surface area contributed by atoms with Crippen molar-refractivity contribution >= 4 is 5.82 Å². The summed E-state index contributed by atoms with van der Waals surface area (Å²) < 4.78 is 0. The second-order valence-electron chi connectivity index (χ2n) is 1.09. The molecule has 0 saturated carbocycles. The van der Waals surface area contributed by atoms with Gasteiger partial charge in [-0.1, -0.05) is 5.82 Å². The zero-order valence-corrected chi connectivity index (χ0v) is 6.72. The molecule has 0 fully saturated rings. The van der Waals surface area contributed by atoms with Crippen LogP contribution in [0.25, 0.3) is 5.73 Å². The Morgan fingerprint density at radius 2 is 2.25 bits per heavy atom. The molecule has 1 rings (SSSR count). The third-order valence-electron chi connectivity index (χ3n) is 0.582. The Morgan fingerprint density at radius 1 is 1.50 bits per heavy atom. The first-order valence-corrected chi connectivity index (χ1v) is 1.87. The number of hydrogen-bond acceptors (Lipinski definition) is 2. The van der Waals surface area contributed by atoms with E-state index in [9.17, 15) is 0 Å². The van der Waals surface area contributed by atoms with Crippen LogP contribution in [0.5, 0.6) is 0 Å². The van der Waals surface area contributed by atoms with Crippen molar-refractivity contribution in [1.29, 1.82) is 0 Å². The van der Waals surface area contributed by atoms with Crippen LogP contribution < -0.4 is 0 Å². The Kier molecular flexibility index (Phi) is 3.33. The normalized spacial score (nSPS) is 7.50. The molecule has 0 amide bonds. The van der Waals surface area contributed by atoms with Gasteiger partial charge < -0.3 is 10.7 Å². The van der Waals surface area contributed by atoms with Crippen LogP contribution in [0.3, 0.4) is 0 Å². The summed E-state index contributed by atoms with van der Waals surface area (Å²) in [6.07, 6.45) is 2.89. The zero-order chi connectivity index (χ0) is 5.11. The molecule has 43 valence electrons. The minimum Gasteiger partial charge on any atom is -0.482 e. The summed E-state index contributed by atoms with van der Waals surface area (Å²) in [5.41, 5.74) is 6.84. The van der Waals surface area contributed by atoms with Crippen molar-refractivity contribution in [1.82, 2.24) is 9.97 Å². The second-order valence-corrected chi connectivity index (χ2v) is 1.09. The summed E-state index contributed by atoms with van der Waals surface area (Å²) in [7, 11) is 0. The van der Waals surface area contributed by atoms with Crippen molar-refractivity contribution < 1.29 is 20.4 Å². The van der Waals surface area contributed by atoms with Crippen LogP contribution >= 0.6 is 0 Å². The molecule has 1 radical (unpaired) electrons. The molecule has 0 unspecified atom stereocenters. The van der Waals surface area contributed by atoms with Crippen molar-refractivity contribution in [3.05, 3.63) is 24.3 Å². The van der Waals surface area contributed by atoms with E-state index in [2.05, 4.69) is 9.97 Å². The first-order chi connectivity index (χ1) is 3.39. The van der Waals surface area contributed by atoms with Crippen LogP contribution in [-0.2, 0) is 20.4 Å². The van der Waals surface area contributed by atoms with Gasteiger partial charge in [0.25, 0.3) is 0 Å². The van der Waals surface area contributed by atoms with Gasteiger partial charge in [-0.3, -0.25) is 4.98 Å². The van der Waals surface area contributed by atoms with E-state index in [0.29, 0.717) is 0 Å². The van der Waals surface area contributed by atoms with Gasteiger partial charge in [0.2, 0.25) is 0 Å². The maximum atomic E-state index is 6.84. The molecule has 0 aromatic carbocycles. The van der Waals surface area contributed by atoms with Gasteiger partial charge in [0.15, 0.2) is 0 Å². The quantitative estimate of drug-likeness (QED) is 0.716. The average molecular weight is 280 g/mol. The predicted molar refractivity (Wildman–Crippen MR) is 26.0 cm³/mol. The molecule has 0 saturated heterocycles. The number of nitrogens with zero attached hydrogens (tertiary/aromatic N) is 2. The fraction of sp³-hybridized carbons (Fsp3) is 0. The van der Waals surface area contributed by atoms with Crippen LogP contribution in [0, 0.1) is 0 Å². The van der Waals surface area contributed by atoms with Crippen molar-refractivity contribution in [2.45, 2.75) is 0 Å². The van der Waals surface area contributed by atoms with Crippen LogP contribution in [0.2, 0.25) is 0 Å². The molecular formula is C4H4N3Re-. The van der Waals surface area contributed by atoms with Gasteiger partial charge in [-0.2, -0.15) is 0 Å². The summed E-state index contributed by atoms with van der Waals surface area (Å²) in [5.74, 6) is 0.259. The molecule has 0 bridgehead atoms. The van der Waals surface area contributed by atoms with E-state index in [1.165, 1.54) is 18.6 Å². The van der Waals surface area contributed by atoms with Gasteiger partial charge in [-0.15, -0.1) is 0 Å². The maximum Gasteiger partial charge on any atom is 0.0262 e. The molecule has 1 aromatic heterocycles. The third-order valence-corrected chi connectivity index (χ3v) is 0.582. The van der Waals surface area contributed by atoms with E-state index in [0.717, 1.165) is 0 Å². The Hall–Kier alpha value is -0.458. The van der Waals surface area contributed by atoms with Crippen LogP contribution in [-0.4, -0.2) is 9.97 Å². The van der Waals surface area contributed by atoms with E-state index in [1.807, 2.05) is 0 Å². The minimum atomic E-state index is 0. The first kappa shape index (κ1) is 7.54. The van der Waals surface area contributed by atoms with Crippen LogP contribution in [0.15, 0.2) is 18.6 Å². The predicted octanol–water partition coefficient (Wildman–Crippen LogP) is 1.16. The Bertz CT molecular complexity index is 141. The van der Waals surface area contributed by atoms with Gasteiger partial charge in [-0.25, -0.2) is 0 Å². The largest absolute Gasteiger partial charge is 0.482 e. The summed E-state index contributed by atoms with van der Waals surface area (Å²) in [6.45, 7) is 0. The number of rotatable bonds is 0. The maximum absolute atomic E-state index is 6.84. The zero-order valence-electron chi connectivity index (χ0n) is 4.00. The monoisotopic (exact) mass is 281 g/mol. The molecule has 1 N–H and O–H groups in total.